The molecular formula is C26H28N4O8. The van der Waals surface area contributed by atoms with Crippen molar-refractivity contribution in [2.75, 3.05) is 50.0 Å². The van der Waals surface area contributed by atoms with Gasteiger partial charge in [-0.2, -0.15) is 0 Å². The van der Waals surface area contributed by atoms with Crippen molar-refractivity contribution < 1.29 is 38.2 Å². The van der Waals surface area contributed by atoms with Crippen LogP contribution in [0.2, 0.25) is 0 Å². The van der Waals surface area contributed by atoms with Crippen LogP contribution in [0.3, 0.4) is 0 Å². The van der Waals surface area contributed by atoms with Gasteiger partial charge in [-0.15, -0.1) is 0 Å². The second-order valence-corrected chi connectivity index (χ2v) is 8.43. The normalized spacial score (nSPS) is 12.8. The first kappa shape index (κ1) is 27.8. The molecule has 2 aromatic rings. The molecule has 3 rings (SSSR count). The molecule has 38 heavy (non-hydrogen) atoms. The van der Waals surface area contributed by atoms with Crippen LogP contribution in [0.25, 0.3) is 0 Å². The minimum atomic E-state index is -0.673. The first-order chi connectivity index (χ1) is 18.1. The molecule has 0 unspecified atom stereocenters. The summed E-state index contributed by atoms with van der Waals surface area (Å²) in [6.07, 6.45) is 0. The molecule has 2 aromatic carbocycles. The Bertz CT molecular complexity index is 1110. The van der Waals surface area contributed by atoms with E-state index >= 15 is 0 Å². The number of rotatable bonds is 8. The Morgan fingerprint density at radius 3 is 1.21 bits per heavy atom. The van der Waals surface area contributed by atoms with Crippen LogP contribution in [0, 0.1) is 0 Å². The topological polar surface area (TPSA) is 151 Å². The number of ether oxygens (including phenoxy) is 2. The van der Waals surface area contributed by atoms with Crippen LogP contribution >= 0.6 is 0 Å². The van der Waals surface area contributed by atoms with Gasteiger partial charge in [-0.3, -0.25) is 19.2 Å². The molecule has 0 radical (unpaired) electrons. The van der Waals surface area contributed by atoms with E-state index in [1.807, 2.05) is 0 Å². The van der Waals surface area contributed by atoms with E-state index in [4.69, 9.17) is 9.47 Å². The zero-order valence-electron chi connectivity index (χ0n) is 21.0. The van der Waals surface area contributed by atoms with Gasteiger partial charge in [-0.05, 0) is 48.5 Å². The van der Waals surface area contributed by atoms with E-state index in [-0.39, 0.29) is 49.1 Å². The maximum Gasteiger partial charge on any atom is 0.338 e. The zero-order chi connectivity index (χ0) is 27.7. The van der Waals surface area contributed by atoms with E-state index < -0.39 is 37.0 Å². The molecule has 0 atom stereocenters. The second kappa shape index (κ2) is 13.0. The number of esters is 2. The van der Waals surface area contributed by atoms with Crippen LogP contribution in [0.1, 0.15) is 34.6 Å². The SMILES string of the molecule is CC(=O)Nc1ccc(C(=O)OCC(=O)N2CCN(C(=O)COC(=O)c3ccc(NC(C)=O)cc3)CC2)cc1. The van der Waals surface area contributed by atoms with Gasteiger partial charge in [0, 0.05) is 51.4 Å². The molecule has 0 spiro atoms. The van der Waals surface area contributed by atoms with Crippen molar-refractivity contribution in [1.82, 2.24) is 9.80 Å². The number of amides is 4. The van der Waals surface area contributed by atoms with Crippen LogP contribution < -0.4 is 10.6 Å². The third-order valence-electron chi connectivity index (χ3n) is 5.52. The monoisotopic (exact) mass is 524 g/mol. The van der Waals surface area contributed by atoms with Crippen molar-refractivity contribution in [2.45, 2.75) is 13.8 Å². The number of nitrogens with zero attached hydrogens (tertiary/aromatic N) is 2. The van der Waals surface area contributed by atoms with Crippen molar-refractivity contribution in [3.8, 4) is 0 Å². The summed E-state index contributed by atoms with van der Waals surface area (Å²) in [5.41, 5.74) is 1.54. The van der Waals surface area contributed by atoms with Crippen molar-refractivity contribution in [2.24, 2.45) is 0 Å². The summed E-state index contributed by atoms with van der Waals surface area (Å²) in [7, 11) is 0. The molecule has 1 saturated heterocycles. The third-order valence-corrected chi connectivity index (χ3v) is 5.52. The lowest BCUT2D eigenvalue weighted by Gasteiger charge is -2.34. The zero-order valence-corrected chi connectivity index (χ0v) is 21.0. The number of carbonyl (C=O) groups is 6. The summed E-state index contributed by atoms with van der Waals surface area (Å²) in [6.45, 7) is 2.82. The molecule has 0 bridgehead atoms. The average molecular weight is 525 g/mol. The smallest absolute Gasteiger partial charge is 0.338 e. The van der Waals surface area contributed by atoms with Crippen molar-refractivity contribution in [3.05, 3.63) is 59.7 Å². The quantitative estimate of drug-likeness (QED) is 0.490. The van der Waals surface area contributed by atoms with E-state index in [1.165, 1.54) is 47.9 Å². The largest absolute Gasteiger partial charge is 0.452 e. The molecule has 1 fully saturated rings. The number of hydrogen-bond acceptors (Lipinski definition) is 8. The highest BCUT2D eigenvalue weighted by atomic mass is 16.5. The van der Waals surface area contributed by atoms with E-state index in [0.717, 1.165) is 0 Å². The predicted molar refractivity (Wildman–Crippen MR) is 135 cm³/mol. The van der Waals surface area contributed by atoms with Gasteiger partial charge in [0.1, 0.15) is 0 Å². The van der Waals surface area contributed by atoms with Crippen LogP contribution in [0.15, 0.2) is 48.5 Å². The maximum absolute atomic E-state index is 12.4. The lowest BCUT2D eigenvalue weighted by atomic mass is 10.2. The molecule has 2 N–H and O–H groups in total. The number of piperazine rings is 1. The third kappa shape index (κ3) is 8.15. The summed E-state index contributed by atoms with van der Waals surface area (Å²) in [4.78, 5) is 74.4. The molecule has 200 valence electrons. The van der Waals surface area contributed by atoms with Gasteiger partial charge < -0.3 is 29.9 Å². The minimum absolute atomic E-state index is 0.236. The standard InChI is InChI=1S/C26H28N4O8/c1-17(31)27-21-7-3-19(4-8-21)25(35)37-15-23(33)29-11-13-30(14-12-29)24(34)16-38-26(36)20-5-9-22(10-6-20)28-18(2)32/h3-10H,11-16H2,1-2H3,(H,27,31)(H,28,32). The Balaban J connectivity index is 1.38. The highest BCUT2D eigenvalue weighted by molar-refractivity contribution is 5.94. The Morgan fingerprint density at radius 2 is 0.921 bits per heavy atom. The van der Waals surface area contributed by atoms with Crippen LogP contribution in [0.5, 0.6) is 0 Å². The fourth-order valence-corrected chi connectivity index (χ4v) is 3.59. The fourth-order valence-electron chi connectivity index (χ4n) is 3.59. The molecule has 1 heterocycles. The summed E-state index contributed by atoms with van der Waals surface area (Å²) < 4.78 is 10.2. The molecular weight excluding hydrogens is 496 g/mol. The number of anilines is 2. The highest BCUT2D eigenvalue weighted by Crippen LogP contribution is 2.12. The number of benzene rings is 2. The van der Waals surface area contributed by atoms with E-state index in [1.54, 1.807) is 24.3 Å². The van der Waals surface area contributed by atoms with E-state index in [2.05, 4.69) is 10.6 Å². The summed E-state index contributed by atoms with van der Waals surface area (Å²) in [6, 6.07) is 12.1. The molecule has 0 aromatic heterocycles. The number of nitrogens with one attached hydrogen (secondary N) is 2. The second-order valence-electron chi connectivity index (χ2n) is 8.43. The lowest BCUT2D eigenvalue weighted by Crippen LogP contribution is -2.52. The van der Waals surface area contributed by atoms with Gasteiger partial charge in [0.15, 0.2) is 13.2 Å². The minimum Gasteiger partial charge on any atom is -0.452 e. The first-order valence-corrected chi connectivity index (χ1v) is 11.8. The lowest BCUT2D eigenvalue weighted by molar-refractivity contribution is -0.142. The average Bonchev–Trinajstić information content (AvgIpc) is 2.90. The Morgan fingerprint density at radius 1 is 0.605 bits per heavy atom. The van der Waals surface area contributed by atoms with Crippen molar-refractivity contribution in [3.63, 3.8) is 0 Å². The van der Waals surface area contributed by atoms with Crippen molar-refractivity contribution in [1.29, 1.82) is 0 Å². The van der Waals surface area contributed by atoms with Gasteiger partial charge in [-0.25, -0.2) is 9.59 Å². The van der Waals surface area contributed by atoms with Crippen molar-refractivity contribution >= 4 is 46.9 Å². The van der Waals surface area contributed by atoms with Crippen LogP contribution in [-0.4, -0.2) is 84.8 Å². The highest BCUT2D eigenvalue weighted by Gasteiger charge is 2.25. The molecule has 0 saturated carbocycles. The van der Waals surface area contributed by atoms with E-state index in [0.29, 0.717) is 11.4 Å². The van der Waals surface area contributed by atoms with Gasteiger partial charge in [0.25, 0.3) is 11.8 Å². The molecule has 12 heteroatoms. The molecule has 1 aliphatic heterocycles. The van der Waals surface area contributed by atoms with Crippen LogP contribution in [-0.2, 0) is 28.7 Å². The number of hydrogen-bond donors (Lipinski definition) is 2. The van der Waals surface area contributed by atoms with Gasteiger partial charge in [0.2, 0.25) is 11.8 Å². The maximum atomic E-state index is 12.4. The molecule has 1 aliphatic rings. The number of carbonyl (C=O) groups excluding carboxylic acids is 6. The molecule has 0 aliphatic carbocycles. The Labute approximate surface area is 218 Å². The summed E-state index contributed by atoms with van der Waals surface area (Å²) in [5.74, 6) is -2.61. The predicted octanol–water partition coefficient (Wildman–Crippen LogP) is 1.29. The van der Waals surface area contributed by atoms with Gasteiger partial charge >= 0.3 is 11.9 Å². The van der Waals surface area contributed by atoms with Crippen LogP contribution in [0.4, 0.5) is 11.4 Å². The first-order valence-electron chi connectivity index (χ1n) is 11.8. The Hall–Kier alpha value is -4.74. The Kier molecular flexibility index (Phi) is 9.52. The van der Waals surface area contributed by atoms with E-state index in [9.17, 15) is 28.8 Å². The summed E-state index contributed by atoms with van der Waals surface area (Å²) >= 11 is 0. The summed E-state index contributed by atoms with van der Waals surface area (Å²) in [5, 5.41) is 5.18. The van der Waals surface area contributed by atoms with Gasteiger partial charge in [0.05, 0.1) is 11.1 Å². The molecule has 4 amide bonds. The van der Waals surface area contributed by atoms with Gasteiger partial charge in [-0.1, -0.05) is 0 Å². The fraction of sp³-hybridized carbons (Fsp3) is 0.308. The molecule has 12 nitrogen and oxygen atoms in total.